The molecule has 158 valence electrons. The second kappa shape index (κ2) is 9.66. The summed E-state index contributed by atoms with van der Waals surface area (Å²) in [5, 5.41) is 3.46. The zero-order valence-corrected chi connectivity index (χ0v) is 17.8. The van der Waals surface area contributed by atoms with Gasteiger partial charge in [0.15, 0.2) is 0 Å². The number of ether oxygens (including phenoxy) is 2. The fourth-order valence-corrected chi connectivity index (χ4v) is 4.89. The molecule has 0 spiro atoms. The molecule has 30 heavy (non-hydrogen) atoms. The highest BCUT2D eigenvalue weighted by Gasteiger charge is 2.20. The second-order valence-corrected chi connectivity index (χ2v) is 8.40. The van der Waals surface area contributed by atoms with E-state index in [1.807, 2.05) is 18.2 Å². The van der Waals surface area contributed by atoms with Gasteiger partial charge in [0.25, 0.3) is 5.91 Å². The number of nitrogens with one attached hydrogen (secondary N) is 1. The fourth-order valence-electron chi connectivity index (χ4n) is 3.75. The van der Waals surface area contributed by atoms with Gasteiger partial charge in [-0.05, 0) is 23.3 Å². The summed E-state index contributed by atoms with van der Waals surface area (Å²) in [6.45, 7) is 4.90. The van der Waals surface area contributed by atoms with Crippen molar-refractivity contribution in [2.75, 3.05) is 33.4 Å². The van der Waals surface area contributed by atoms with Crippen molar-refractivity contribution in [2.24, 2.45) is 0 Å². The molecule has 3 aromatic rings. The Kier molecular flexibility index (Phi) is 6.74. The maximum absolute atomic E-state index is 14.3. The van der Waals surface area contributed by atoms with Crippen LogP contribution in [0.5, 0.6) is 0 Å². The monoisotopic (exact) mass is 428 g/mol. The number of hydrogen-bond donors (Lipinski definition) is 1. The van der Waals surface area contributed by atoms with Crippen LogP contribution in [0.4, 0.5) is 4.39 Å². The Labute approximate surface area is 179 Å². The van der Waals surface area contributed by atoms with Crippen molar-refractivity contribution in [3.8, 4) is 0 Å². The molecule has 0 saturated carbocycles. The summed E-state index contributed by atoms with van der Waals surface area (Å²) in [6.07, 6.45) is 0. The number of amides is 1. The predicted octanol–water partition coefficient (Wildman–Crippen LogP) is 3.95. The molecule has 4 rings (SSSR count). The van der Waals surface area contributed by atoms with Gasteiger partial charge in [0, 0.05) is 48.9 Å². The minimum absolute atomic E-state index is 0.193. The van der Waals surface area contributed by atoms with Crippen LogP contribution in [0.1, 0.15) is 26.4 Å². The van der Waals surface area contributed by atoms with Crippen LogP contribution in [-0.2, 0) is 29.2 Å². The van der Waals surface area contributed by atoms with Gasteiger partial charge in [0.2, 0.25) is 0 Å². The van der Waals surface area contributed by atoms with Gasteiger partial charge >= 0.3 is 0 Å². The highest BCUT2D eigenvalue weighted by atomic mass is 32.1. The third-order valence-electron chi connectivity index (χ3n) is 5.21. The topological polar surface area (TPSA) is 50.8 Å². The molecule has 0 unspecified atom stereocenters. The number of benzene rings is 2. The van der Waals surface area contributed by atoms with Gasteiger partial charge in [-0.15, -0.1) is 11.3 Å². The molecule has 2 aromatic carbocycles. The van der Waals surface area contributed by atoms with Gasteiger partial charge in [0.1, 0.15) is 5.82 Å². The molecule has 1 saturated heterocycles. The third-order valence-corrected chi connectivity index (χ3v) is 6.41. The number of halogens is 1. The molecule has 1 N–H and O–H groups in total. The number of thiophene rings is 1. The van der Waals surface area contributed by atoms with Crippen LogP contribution in [-0.4, -0.2) is 44.2 Å². The Bertz CT molecular complexity index is 1030. The molecule has 7 heteroatoms. The Morgan fingerprint density at radius 1 is 1.20 bits per heavy atom. The van der Waals surface area contributed by atoms with Crippen molar-refractivity contribution in [1.29, 1.82) is 0 Å². The SMILES string of the molecule is COCc1c(C(=O)NCc2cccc(CN3CCOCC3)c2)sc2cccc(F)c12. The van der Waals surface area contributed by atoms with Crippen LogP contribution in [0.25, 0.3) is 10.1 Å². The van der Waals surface area contributed by atoms with Crippen molar-refractivity contribution in [2.45, 2.75) is 19.7 Å². The molecule has 5 nitrogen and oxygen atoms in total. The van der Waals surface area contributed by atoms with E-state index in [-0.39, 0.29) is 18.3 Å². The van der Waals surface area contributed by atoms with Crippen LogP contribution < -0.4 is 5.32 Å². The lowest BCUT2D eigenvalue weighted by molar-refractivity contribution is 0.0342. The summed E-state index contributed by atoms with van der Waals surface area (Å²) >= 11 is 1.30. The Hall–Kier alpha value is -2.32. The largest absolute Gasteiger partial charge is 0.380 e. The molecule has 0 radical (unpaired) electrons. The summed E-state index contributed by atoms with van der Waals surface area (Å²) in [5.74, 6) is -0.535. The summed E-state index contributed by atoms with van der Waals surface area (Å²) in [7, 11) is 1.55. The number of fused-ring (bicyclic) bond motifs is 1. The predicted molar refractivity (Wildman–Crippen MR) is 116 cm³/mol. The standard InChI is InChI=1S/C23H25FN2O3S/c1-28-15-18-21-19(24)6-3-7-20(21)30-22(18)23(27)25-13-16-4-2-5-17(12-16)14-26-8-10-29-11-9-26/h2-7,12H,8-11,13-15H2,1H3,(H,25,27). The first-order chi connectivity index (χ1) is 14.7. The van der Waals surface area contributed by atoms with Crippen LogP contribution in [0.3, 0.4) is 0 Å². The molecule has 1 aliphatic rings. The minimum Gasteiger partial charge on any atom is -0.380 e. The highest BCUT2D eigenvalue weighted by Crippen LogP contribution is 2.33. The fraction of sp³-hybridized carbons (Fsp3) is 0.348. The molecule has 0 atom stereocenters. The molecule has 0 bridgehead atoms. The second-order valence-electron chi connectivity index (χ2n) is 7.35. The number of carbonyl (C=O) groups excluding carboxylic acids is 1. The number of morpholine rings is 1. The van der Waals surface area contributed by atoms with E-state index >= 15 is 0 Å². The normalized spacial score (nSPS) is 14.9. The Balaban J connectivity index is 1.46. The van der Waals surface area contributed by atoms with Gasteiger partial charge in [-0.2, -0.15) is 0 Å². The smallest absolute Gasteiger partial charge is 0.262 e. The average molecular weight is 429 g/mol. The van der Waals surface area contributed by atoms with Gasteiger partial charge in [-0.1, -0.05) is 30.3 Å². The molecule has 1 aliphatic heterocycles. The maximum atomic E-state index is 14.3. The van der Waals surface area contributed by atoms with Crippen LogP contribution in [0, 0.1) is 5.82 Å². The van der Waals surface area contributed by atoms with E-state index in [1.54, 1.807) is 13.2 Å². The van der Waals surface area contributed by atoms with Crippen molar-refractivity contribution >= 4 is 27.3 Å². The lowest BCUT2D eigenvalue weighted by Gasteiger charge is -2.26. The van der Waals surface area contributed by atoms with E-state index in [1.165, 1.54) is 23.0 Å². The van der Waals surface area contributed by atoms with Crippen LogP contribution in [0.2, 0.25) is 0 Å². The van der Waals surface area contributed by atoms with Crippen molar-refractivity contribution in [3.63, 3.8) is 0 Å². The number of hydrogen-bond acceptors (Lipinski definition) is 5. The first kappa shape index (κ1) is 20.9. The van der Waals surface area contributed by atoms with Gasteiger partial charge in [-0.3, -0.25) is 9.69 Å². The average Bonchev–Trinajstić information content (AvgIpc) is 3.13. The van der Waals surface area contributed by atoms with E-state index in [2.05, 4.69) is 22.3 Å². The van der Waals surface area contributed by atoms with E-state index in [4.69, 9.17) is 9.47 Å². The first-order valence-electron chi connectivity index (χ1n) is 10.0. The van der Waals surface area contributed by atoms with Crippen molar-refractivity contribution < 1.29 is 18.7 Å². The molecular formula is C23H25FN2O3S. The van der Waals surface area contributed by atoms with E-state index in [0.29, 0.717) is 22.4 Å². The van der Waals surface area contributed by atoms with Gasteiger partial charge < -0.3 is 14.8 Å². The lowest BCUT2D eigenvalue weighted by Crippen LogP contribution is -2.35. The molecule has 0 aliphatic carbocycles. The van der Waals surface area contributed by atoms with Crippen LogP contribution >= 0.6 is 11.3 Å². The van der Waals surface area contributed by atoms with Gasteiger partial charge in [-0.25, -0.2) is 4.39 Å². The zero-order valence-electron chi connectivity index (χ0n) is 16.9. The maximum Gasteiger partial charge on any atom is 0.262 e. The number of rotatable bonds is 7. The van der Waals surface area contributed by atoms with E-state index < -0.39 is 0 Å². The Morgan fingerprint density at radius 3 is 2.77 bits per heavy atom. The van der Waals surface area contributed by atoms with E-state index in [9.17, 15) is 9.18 Å². The number of nitrogens with zero attached hydrogens (tertiary/aromatic N) is 1. The Morgan fingerprint density at radius 2 is 1.97 bits per heavy atom. The van der Waals surface area contributed by atoms with Crippen molar-refractivity contribution in [1.82, 2.24) is 10.2 Å². The summed E-state index contributed by atoms with van der Waals surface area (Å²) in [6, 6.07) is 13.1. The molecule has 2 heterocycles. The third kappa shape index (κ3) is 4.70. The molecule has 1 amide bonds. The lowest BCUT2D eigenvalue weighted by atomic mass is 10.1. The summed E-state index contributed by atoms with van der Waals surface area (Å²) in [5.41, 5.74) is 2.86. The minimum atomic E-state index is -0.328. The molecular weight excluding hydrogens is 403 g/mol. The number of methoxy groups -OCH3 is 1. The summed E-state index contributed by atoms with van der Waals surface area (Å²) < 4.78 is 25.7. The molecule has 1 fully saturated rings. The number of carbonyl (C=O) groups is 1. The van der Waals surface area contributed by atoms with Crippen LogP contribution in [0.15, 0.2) is 42.5 Å². The zero-order chi connectivity index (χ0) is 20.9. The highest BCUT2D eigenvalue weighted by molar-refractivity contribution is 7.21. The van der Waals surface area contributed by atoms with E-state index in [0.717, 1.165) is 43.1 Å². The quantitative estimate of drug-likeness (QED) is 0.619. The van der Waals surface area contributed by atoms with Gasteiger partial charge in [0.05, 0.1) is 24.7 Å². The van der Waals surface area contributed by atoms with Crippen molar-refractivity contribution in [3.05, 3.63) is 69.8 Å². The first-order valence-corrected chi connectivity index (χ1v) is 10.8. The summed E-state index contributed by atoms with van der Waals surface area (Å²) in [4.78, 5) is 15.8. The molecule has 1 aromatic heterocycles.